The van der Waals surface area contributed by atoms with E-state index in [4.69, 9.17) is 17.3 Å². The van der Waals surface area contributed by atoms with Crippen molar-refractivity contribution >= 4 is 34.3 Å². The molecule has 0 saturated carbocycles. The predicted molar refractivity (Wildman–Crippen MR) is 107 cm³/mol. The smallest absolute Gasteiger partial charge is 0.166 e. The van der Waals surface area contributed by atoms with Crippen molar-refractivity contribution in [1.82, 2.24) is 19.9 Å². The zero-order valence-electron chi connectivity index (χ0n) is 15.0. The van der Waals surface area contributed by atoms with Gasteiger partial charge in [0.2, 0.25) is 0 Å². The van der Waals surface area contributed by atoms with Gasteiger partial charge in [-0.2, -0.15) is 0 Å². The number of rotatable bonds is 7. The largest absolute Gasteiger partial charge is 0.384 e. The third kappa shape index (κ3) is 3.86. The number of halogens is 1. The van der Waals surface area contributed by atoms with Gasteiger partial charge in [0.25, 0.3) is 0 Å². The molecule has 0 aliphatic carbocycles. The van der Waals surface area contributed by atoms with Crippen molar-refractivity contribution in [2.75, 3.05) is 30.7 Å². The fraction of sp³-hybridized carbons (Fsp3) is 0.316. The Morgan fingerprint density at radius 1 is 1.12 bits per heavy atom. The molecule has 0 fully saturated rings. The lowest BCUT2D eigenvalue weighted by Crippen LogP contribution is -2.33. The maximum Gasteiger partial charge on any atom is 0.166 e. The van der Waals surface area contributed by atoms with Crippen LogP contribution in [0.2, 0.25) is 5.02 Å². The van der Waals surface area contributed by atoms with Gasteiger partial charge in [-0.05, 0) is 36.9 Å². The van der Waals surface area contributed by atoms with Gasteiger partial charge in [-0.15, -0.1) is 0 Å². The van der Waals surface area contributed by atoms with Gasteiger partial charge in [0.15, 0.2) is 5.65 Å². The van der Waals surface area contributed by atoms with Crippen LogP contribution in [0.1, 0.15) is 25.5 Å². The van der Waals surface area contributed by atoms with Crippen molar-refractivity contribution in [2.45, 2.75) is 19.9 Å². The molecule has 3 N–H and O–H groups in total. The number of anilines is 2. The summed E-state index contributed by atoms with van der Waals surface area (Å²) in [4.78, 5) is 15.2. The predicted octanol–water partition coefficient (Wildman–Crippen LogP) is 3.76. The molecule has 1 atom stereocenters. The molecule has 0 saturated heterocycles. The lowest BCUT2D eigenvalue weighted by Gasteiger charge is -2.31. The molecule has 0 amide bonds. The second-order valence-corrected chi connectivity index (χ2v) is 6.38. The van der Waals surface area contributed by atoms with E-state index >= 15 is 0 Å². The van der Waals surface area contributed by atoms with E-state index in [1.807, 2.05) is 24.3 Å². The first kappa shape index (κ1) is 18.4. The van der Waals surface area contributed by atoms with Gasteiger partial charge in [0.05, 0.1) is 11.4 Å². The number of hydrogen-bond acceptors (Lipinski definition) is 6. The van der Waals surface area contributed by atoms with E-state index in [1.54, 1.807) is 6.07 Å². The third-order valence-electron chi connectivity index (χ3n) is 4.50. The Hall–Kier alpha value is -2.44. The maximum atomic E-state index is 6.47. The minimum atomic E-state index is 0.130. The molecule has 1 unspecified atom stereocenters. The highest BCUT2D eigenvalue weighted by Crippen LogP contribution is 2.28. The van der Waals surface area contributed by atoms with Crippen LogP contribution in [0.5, 0.6) is 0 Å². The fourth-order valence-corrected chi connectivity index (χ4v) is 3.40. The summed E-state index contributed by atoms with van der Waals surface area (Å²) in [6.07, 6.45) is 1.50. The van der Waals surface area contributed by atoms with E-state index in [0.717, 1.165) is 34.9 Å². The summed E-state index contributed by atoms with van der Waals surface area (Å²) < 4.78 is 0. The third-order valence-corrected chi connectivity index (χ3v) is 4.84. The molecule has 7 heteroatoms. The van der Waals surface area contributed by atoms with Crippen molar-refractivity contribution in [3.8, 4) is 0 Å². The van der Waals surface area contributed by atoms with Crippen molar-refractivity contribution in [1.29, 1.82) is 0 Å². The standard InChI is InChI=1S/C19H23ClN6/c1-3-26(4-2)16(13-7-5-6-8-15(13)20)11-22-18-14-9-10-17(21)25-19(14)24-12-23-18/h5-10,12,16H,3-4,11H2,1-2H3,(H3,21,22,23,24,25). The Morgan fingerprint density at radius 2 is 1.88 bits per heavy atom. The number of pyridine rings is 1. The summed E-state index contributed by atoms with van der Waals surface area (Å²) in [5.74, 6) is 1.19. The Bertz CT molecular complexity index is 881. The lowest BCUT2D eigenvalue weighted by molar-refractivity contribution is 0.228. The Balaban J connectivity index is 1.90. The molecule has 6 nitrogen and oxygen atoms in total. The average Bonchev–Trinajstić information content (AvgIpc) is 2.65. The second kappa shape index (κ2) is 8.29. The molecule has 3 aromatic rings. The quantitative estimate of drug-likeness (QED) is 0.659. The zero-order chi connectivity index (χ0) is 18.5. The number of benzene rings is 1. The van der Waals surface area contributed by atoms with Gasteiger partial charge in [-0.3, -0.25) is 4.90 Å². The monoisotopic (exact) mass is 370 g/mol. The number of nitrogen functional groups attached to an aromatic ring is 1. The summed E-state index contributed by atoms with van der Waals surface area (Å²) in [5, 5.41) is 5.07. The van der Waals surface area contributed by atoms with Gasteiger partial charge in [-0.1, -0.05) is 43.6 Å². The number of nitrogens with zero attached hydrogens (tertiary/aromatic N) is 4. The van der Waals surface area contributed by atoms with Gasteiger partial charge in [-0.25, -0.2) is 15.0 Å². The second-order valence-electron chi connectivity index (χ2n) is 5.97. The molecule has 2 heterocycles. The number of likely N-dealkylation sites (N-methyl/N-ethyl adjacent to an activating group) is 1. The topological polar surface area (TPSA) is 80.0 Å². The average molecular weight is 371 g/mol. The van der Waals surface area contributed by atoms with Crippen LogP contribution in [0, 0.1) is 0 Å². The molecule has 0 aliphatic rings. The van der Waals surface area contributed by atoms with Crippen molar-refractivity contribution in [2.24, 2.45) is 0 Å². The van der Waals surface area contributed by atoms with Crippen molar-refractivity contribution in [3.05, 3.63) is 53.3 Å². The van der Waals surface area contributed by atoms with E-state index in [1.165, 1.54) is 6.33 Å². The van der Waals surface area contributed by atoms with Crippen molar-refractivity contribution in [3.63, 3.8) is 0 Å². The molecule has 0 radical (unpaired) electrons. The maximum absolute atomic E-state index is 6.47. The van der Waals surface area contributed by atoms with Crippen LogP contribution in [-0.2, 0) is 0 Å². The summed E-state index contributed by atoms with van der Waals surface area (Å²) >= 11 is 6.47. The summed E-state index contributed by atoms with van der Waals surface area (Å²) in [6.45, 7) is 6.83. The van der Waals surface area contributed by atoms with E-state index in [-0.39, 0.29) is 6.04 Å². The number of fused-ring (bicyclic) bond motifs is 1. The molecule has 0 spiro atoms. The normalized spacial score (nSPS) is 12.5. The van der Waals surface area contributed by atoms with Crippen LogP contribution in [0.15, 0.2) is 42.7 Å². The highest BCUT2D eigenvalue weighted by atomic mass is 35.5. The summed E-state index contributed by atoms with van der Waals surface area (Å²) in [5.41, 5.74) is 7.44. The van der Waals surface area contributed by atoms with Crippen LogP contribution >= 0.6 is 11.6 Å². The molecule has 3 rings (SSSR count). The van der Waals surface area contributed by atoms with E-state index in [0.29, 0.717) is 18.0 Å². The van der Waals surface area contributed by atoms with Crippen LogP contribution in [0.3, 0.4) is 0 Å². The van der Waals surface area contributed by atoms with Crippen LogP contribution in [-0.4, -0.2) is 39.5 Å². The summed E-state index contributed by atoms with van der Waals surface area (Å²) in [6, 6.07) is 11.8. The van der Waals surface area contributed by atoms with Crippen LogP contribution in [0.25, 0.3) is 11.0 Å². The molecule has 1 aromatic carbocycles. The minimum Gasteiger partial charge on any atom is -0.384 e. The number of nitrogens with one attached hydrogen (secondary N) is 1. The molecular formula is C19H23ClN6. The number of aromatic nitrogens is 3. The molecule has 0 aliphatic heterocycles. The first-order chi connectivity index (χ1) is 12.6. The van der Waals surface area contributed by atoms with Gasteiger partial charge < -0.3 is 11.1 Å². The number of hydrogen-bond donors (Lipinski definition) is 2. The molecule has 0 bridgehead atoms. The summed E-state index contributed by atoms with van der Waals surface area (Å²) in [7, 11) is 0. The molecule has 136 valence electrons. The van der Waals surface area contributed by atoms with Crippen LogP contribution < -0.4 is 11.1 Å². The fourth-order valence-electron chi connectivity index (χ4n) is 3.14. The first-order valence-corrected chi connectivity index (χ1v) is 9.11. The van der Waals surface area contributed by atoms with E-state index in [2.05, 4.69) is 45.1 Å². The molecular weight excluding hydrogens is 348 g/mol. The minimum absolute atomic E-state index is 0.130. The Morgan fingerprint density at radius 3 is 2.62 bits per heavy atom. The highest BCUT2D eigenvalue weighted by molar-refractivity contribution is 6.31. The van der Waals surface area contributed by atoms with Gasteiger partial charge in [0, 0.05) is 11.6 Å². The van der Waals surface area contributed by atoms with Crippen LogP contribution in [0.4, 0.5) is 11.6 Å². The lowest BCUT2D eigenvalue weighted by atomic mass is 10.0. The van der Waals surface area contributed by atoms with Gasteiger partial charge in [0.1, 0.15) is 18.0 Å². The highest BCUT2D eigenvalue weighted by Gasteiger charge is 2.20. The van der Waals surface area contributed by atoms with E-state index in [9.17, 15) is 0 Å². The SMILES string of the molecule is CCN(CC)C(CNc1ncnc2nc(N)ccc12)c1ccccc1Cl. The van der Waals surface area contributed by atoms with E-state index < -0.39 is 0 Å². The Kier molecular flexibility index (Phi) is 5.85. The number of nitrogens with two attached hydrogens (primary N) is 1. The Labute approximate surface area is 158 Å². The van der Waals surface area contributed by atoms with Gasteiger partial charge >= 0.3 is 0 Å². The molecule has 26 heavy (non-hydrogen) atoms. The first-order valence-electron chi connectivity index (χ1n) is 8.73. The molecule has 2 aromatic heterocycles. The zero-order valence-corrected chi connectivity index (χ0v) is 15.7. The van der Waals surface area contributed by atoms with Crippen molar-refractivity contribution < 1.29 is 0 Å².